The Kier molecular flexibility index (Phi) is 4.14. The van der Waals surface area contributed by atoms with Gasteiger partial charge in [-0.25, -0.2) is 0 Å². The Morgan fingerprint density at radius 1 is 1.20 bits per heavy atom. The molecule has 15 heavy (non-hydrogen) atoms. The number of benzene rings is 1. The zero-order chi connectivity index (χ0) is 10.7. The number of non-ortho nitro benzene ring substituents is 1. The van der Waals surface area contributed by atoms with E-state index in [1.807, 2.05) is 0 Å². The van der Waals surface area contributed by atoms with Crippen LogP contribution in [0.15, 0.2) is 18.2 Å². The minimum absolute atomic E-state index is 0. The highest BCUT2D eigenvalue weighted by Gasteiger charge is 2.19. The topological polar surface area (TPSA) is 127 Å². The maximum atomic E-state index is 10.5. The van der Waals surface area contributed by atoms with Crippen LogP contribution in [0.4, 0.5) is 11.4 Å². The molecule has 0 aliphatic heterocycles. The average molecular weight is 216 g/mol. The smallest absolute Gasteiger partial charge is 0.317 e. The highest BCUT2D eigenvalue weighted by molar-refractivity contribution is 5.53. The van der Waals surface area contributed by atoms with Gasteiger partial charge in [0.25, 0.3) is 5.69 Å². The van der Waals surface area contributed by atoms with Gasteiger partial charge in [-0.05, 0) is 6.07 Å². The second kappa shape index (κ2) is 4.86. The first-order chi connectivity index (χ1) is 6.56. The van der Waals surface area contributed by atoms with Crippen molar-refractivity contribution in [2.45, 2.75) is 0 Å². The van der Waals surface area contributed by atoms with Crippen LogP contribution in [0.1, 0.15) is 0 Å². The first-order valence-electron chi connectivity index (χ1n) is 3.53. The van der Waals surface area contributed by atoms with Gasteiger partial charge in [0, 0.05) is 6.07 Å². The zero-order valence-corrected chi connectivity index (χ0v) is 7.67. The van der Waals surface area contributed by atoms with Crippen LogP contribution in [0.5, 0.6) is 5.75 Å². The third-order valence-electron chi connectivity index (χ3n) is 1.57. The molecule has 0 aliphatic carbocycles. The lowest BCUT2D eigenvalue weighted by molar-refractivity contribution is -0.394. The third kappa shape index (κ3) is 2.61. The number of nitro groups is 2. The Hall–Kier alpha value is -2.22. The van der Waals surface area contributed by atoms with Gasteiger partial charge in [-0.3, -0.25) is 20.2 Å². The molecule has 0 saturated heterocycles. The van der Waals surface area contributed by atoms with Crippen LogP contribution in [0, 0.1) is 20.2 Å². The van der Waals surface area contributed by atoms with Crippen LogP contribution < -0.4 is 4.74 Å². The van der Waals surface area contributed by atoms with Crippen molar-refractivity contribution in [3.05, 3.63) is 38.4 Å². The average Bonchev–Trinajstić information content (AvgIpc) is 2.16. The van der Waals surface area contributed by atoms with Crippen LogP contribution in [0.2, 0.25) is 0 Å². The van der Waals surface area contributed by atoms with Crippen molar-refractivity contribution in [2.75, 3.05) is 7.11 Å². The quantitative estimate of drug-likeness (QED) is 0.542. The first kappa shape index (κ1) is 12.8. The van der Waals surface area contributed by atoms with E-state index < -0.39 is 15.5 Å². The molecule has 0 unspecified atom stereocenters. The predicted octanol–water partition coefficient (Wildman–Crippen LogP) is 0.687. The molecule has 2 N–H and O–H groups in total. The number of hydrogen-bond donors (Lipinski definition) is 0. The Labute approximate surface area is 83.7 Å². The van der Waals surface area contributed by atoms with Crippen molar-refractivity contribution in [1.29, 1.82) is 0 Å². The summed E-state index contributed by atoms with van der Waals surface area (Å²) in [5.41, 5.74) is -0.751. The van der Waals surface area contributed by atoms with Gasteiger partial charge in [-0.15, -0.1) is 0 Å². The van der Waals surface area contributed by atoms with Gasteiger partial charge in [0.2, 0.25) is 0 Å². The second-order valence-electron chi connectivity index (χ2n) is 2.37. The normalized spacial score (nSPS) is 8.87. The molecule has 0 spiro atoms. The van der Waals surface area contributed by atoms with Crippen LogP contribution in [-0.4, -0.2) is 22.4 Å². The molecular formula is C7H8N2O6. The summed E-state index contributed by atoms with van der Waals surface area (Å²) in [6.45, 7) is 0. The fourth-order valence-corrected chi connectivity index (χ4v) is 0.935. The van der Waals surface area contributed by atoms with Crippen LogP contribution >= 0.6 is 0 Å². The van der Waals surface area contributed by atoms with Crippen molar-refractivity contribution in [3.63, 3.8) is 0 Å². The monoisotopic (exact) mass is 216 g/mol. The molecule has 0 aliphatic rings. The number of methoxy groups -OCH3 is 1. The third-order valence-corrected chi connectivity index (χ3v) is 1.57. The van der Waals surface area contributed by atoms with E-state index in [1.165, 1.54) is 13.2 Å². The fourth-order valence-electron chi connectivity index (χ4n) is 0.935. The zero-order valence-electron chi connectivity index (χ0n) is 7.67. The first-order valence-corrected chi connectivity index (χ1v) is 3.53. The van der Waals surface area contributed by atoms with E-state index in [0.29, 0.717) is 0 Å². The Morgan fingerprint density at radius 3 is 2.20 bits per heavy atom. The summed E-state index contributed by atoms with van der Waals surface area (Å²) in [6, 6.07) is 3.20. The summed E-state index contributed by atoms with van der Waals surface area (Å²) < 4.78 is 4.68. The molecule has 0 saturated carbocycles. The molecule has 1 aromatic rings. The maximum absolute atomic E-state index is 10.5. The summed E-state index contributed by atoms with van der Waals surface area (Å²) >= 11 is 0. The molecule has 0 amide bonds. The SMILES string of the molecule is COc1ccc([N+](=O)[O-])cc1[N+](=O)[O-].O. The van der Waals surface area contributed by atoms with E-state index in [4.69, 9.17) is 0 Å². The van der Waals surface area contributed by atoms with Crippen LogP contribution in [-0.2, 0) is 0 Å². The molecule has 0 radical (unpaired) electrons. The molecule has 0 heterocycles. The Bertz CT molecular complexity index is 391. The van der Waals surface area contributed by atoms with Crippen LogP contribution in [0.25, 0.3) is 0 Å². The molecular weight excluding hydrogens is 208 g/mol. The fraction of sp³-hybridized carbons (Fsp3) is 0.143. The molecule has 0 aromatic heterocycles. The van der Waals surface area contributed by atoms with Crippen molar-refractivity contribution in [3.8, 4) is 5.75 Å². The number of ether oxygens (including phenoxy) is 1. The second-order valence-corrected chi connectivity index (χ2v) is 2.37. The lowest BCUT2D eigenvalue weighted by Crippen LogP contribution is -1.95. The van der Waals surface area contributed by atoms with E-state index >= 15 is 0 Å². The van der Waals surface area contributed by atoms with Gasteiger partial charge in [0.15, 0.2) is 5.75 Å². The highest BCUT2D eigenvalue weighted by Crippen LogP contribution is 2.30. The summed E-state index contributed by atoms with van der Waals surface area (Å²) in [5.74, 6) is 0.000556. The number of hydrogen-bond acceptors (Lipinski definition) is 5. The summed E-state index contributed by atoms with van der Waals surface area (Å²) in [7, 11) is 1.26. The summed E-state index contributed by atoms with van der Waals surface area (Å²) in [4.78, 5) is 19.3. The lowest BCUT2D eigenvalue weighted by Gasteiger charge is -1.99. The number of nitrogens with zero attached hydrogens (tertiary/aromatic N) is 2. The van der Waals surface area contributed by atoms with E-state index in [1.54, 1.807) is 0 Å². The number of rotatable bonds is 3. The van der Waals surface area contributed by atoms with E-state index in [9.17, 15) is 20.2 Å². The van der Waals surface area contributed by atoms with Crippen molar-refractivity contribution < 1.29 is 20.1 Å². The lowest BCUT2D eigenvalue weighted by atomic mass is 10.2. The number of nitro benzene ring substituents is 2. The minimum Gasteiger partial charge on any atom is -0.490 e. The molecule has 8 nitrogen and oxygen atoms in total. The van der Waals surface area contributed by atoms with Gasteiger partial charge in [0.1, 0.15) is 0 Å². The van der Waals surface area contributed by atoms with Gasteiger partial charge in [-0.2, -0.15) is 0 Å². The van der Waals surface area contributed by atoms with Gasteiger partial charge in [-0.1, -0.05) is 0 Å². The van der Waals surface area contributed by atoms with Crippen molar-refractivity contribution >= 4 is 11.4 Å². The largest absolute Gasteiger partial charge is 0.490 e. The van der Waals surface area contributed by atoms with Gasteiger partial charge < -0.3 is 10.2 Å². The van der Waals surface area contributed by atoms with E-state index in [0.717, 1.165) is 12.1 Å². The van der Waals surface area contributed by atoms with Gasteiger partial charge in [0.05, 0.1) is 23.0 Å². The van der Waals surface area contributed by atoms with E-state index in [2.05, 4.69) is 4.74 Å². The molecule has 0 bridgehead atoms. The molecule has 0 fully saturated rings. The minimum atomic E-state index is -0.730. The molecule has 82 valence electrons. The highest BCUT2D eigenvalue weighted by atomic mass is 16.6. The van der Waals surface area contributed by atoms with E-state index in [-0.39, 0.29) is 16.9 Å². The molecule has 0 atom stereocenters. The predicted molar refractivity (Wildman–Crippen MR) is 49.9 cm³/mol. The Balaban J connectivity index is 0.00000196. The molecule has 1 rings (SSSR count). The van der Waals surface area contributed by atoms with Crippen LogP contribution in [0.3, 0.4) is 0 Å². The summed E-state index contributed by atoms with van der Waals surface area (Å²) in [6.07, 6.45) is 0. The van der Waals surface area contributed by atoms with Crippen molar-refractivity contribution in [1.82, 2.24) is 0 Å². The standard InChI is InChI=1S/C7H6N2O5.H2O/c1-14-7-3-2-5(8(10)11)4-6(7)9(12)13;/h2-4H,1H3;1H2. The Morgan fingerprint density at radius 2 is 1.80 bits per heavy atom. The molecule has 8 heteroatoms. The van der Waals surface area contributed by atoms with Crippen molar-refractivity contribution in [2.24, 2.45) is 0 Å². The molecule has 1 aromatic carbocycles. The maximum Gasteiger partial charge on any atom is 0.317 e. The summed E-state index contributed by atoms with van der Waals surface area (Å²) in [5, 5.41) is 20.8. The van der Waals surface area contributed by atoms with Gasteiger partial charge >= 0.3 is 5.69 Å².